The highest BCUT2D eigenvalue weighted by Gasteiger charge is 2.15. The predicted octanol–water partition coefficient (Wildman–Crippen LogP) is -0.292. The third-order valence-corrected chi connectivity index (χ3v) is 1.94. The van der Waals surface area contributed by atoms with Gasteiger partial charge in [0.05, 0.1) is 6.54 Å². The monoisotopic (exact) mass is 215 g/mol. The molecule has 0 aromatic heterocycles. The lowest BCUT2D eigenvalue weighted by molar-refractivity contribution is -0.136. The fraction of sp³-hybridized carbons (Fsp3) is 0.800. The molecule has 0 aliphatic rings. The van der Waals surface area contributed by atoms with Crippen LogP contribution in [0, 0.1) is 0 Å². The average molecular weight is 215 g/mol. The molecule has 0 heterocycles. The molecule has 0 saturated carbocycles. The van der Waals surface area contributed by atoms with E-state index in [0.717, 1.165) is 0 Å². The Labute approximate surface area is 91.0 Å². The number of hydrogen-bond donors (Lipinski definition) is 2. The van der Waals surface area contributed by atoms with Crippen molar-refractivity contribution in [1.29, 1.82) is 0 Å². The van der Waals surface area contributed by atoms with E-state index in [1.165, 1.54) is 4.90 Å². The first kappa shape index (κ1) is 13.9. The molecule has 3 N–H and O–H groups in total. The molecule has 5 nitrogen and oxygen atoms in total. The van der Waals surface area contributed by atoms with Crippen molar-refractivity contribution in [1.82, 2.24) is 10.2 Å². The van der Waals surface area contributed by atoms with Crippen LogP contribution in [0.3, 0.4) is 0 Å². The van der Waals surface area contributed by atoms with Crippen LogP contribution in [-0.2, 0) is 9.59 Å². The van der Waals surface area contributed by atoms with Gasteiger partial charge in [-0.1, -0.05) is 0 Å². The van der Waals surface area contributed by atoms with Crippen LogP contribution in [0.5, 0.6) is 0 Å². The van der Waals surface area contributed by atoms with Gasteiger partial charge >= 0.3 is 0 Å². The summed E-state index contributed by atoms with van der Waals surface area (Å²) in [6.07, 6.45) is 0.285. The molecule has 0 aliphatic heterocycles. The van der Waals surface area contributed by atoms with Crippen LogP contribution in [0.4, 0.5) is 0 Å². The van der Waals surface area contributed by atoms with E-state index < -0.39 is 0 Å². The van der Waals surface area contributed by atoms with Crippen molar-refractivity contribution in [3.05, 3.63) is 0 Å². The van der Waals surface area contributed by atoms with E-state index in [-0.39, 0.29) is 30.8 Å². The first-order chi connectivity index (χ1) is 7.01. The van der Waals surface area contributed by atoms with Gasteiger partial charge in [-0.25, -0.2) is 0 Å². The molecule has 0 saturated heterocycles. The van der Waals surface area contributed by atoms with E-state index in [9.17, 15) is 9.59 Å². The molecule has 15 heavy (non-hydrogen) atoms. The van der Waals surface area contributed by atoms with Gasteiger partial charge < -0.3 is 16.0 Å². The highest BCUT2D eigenvalue weighted by Crippen LogP contribution is 1.96. The van der Waals surface area contributed by atoms with Crippen LogP contribution in [0.25, 0.3) is 0 Å². The zero-order chi connectivity index (χ0) is 11.8. The SMILES string of the molecule is CCNC(=O)CN(CC)C(=O)CC(C)N. The van der Waals surface area contributed by atoms with Crippen LogP contribution in [-0.4, -0.2) is 42.4 Å². The third-order valence-electron chi connectivity index (χ3n) is 1.94. The largest absolute Gasteiger partial charge is 0.355 e. The Hall–Kier alpha value is -1.10. The number of amides is 2. The first-order valence-electron chi connectivity index (χ1n) is 5.31. The van der Waals surface area contributed by atoms with E-state index in [1.54, 1.807) is 6.92 Å². The topological polar surface area (TPSA) is 75.4 Å². The number of hydrogen-bond acceptors (Lipinski definition) is 3. The summed E-state index contributed by atoms with van der Waals surface area (Å²) < 4.78 is 0. The van der Waals surface area contributed by atoms with Crippen molar-refractivity contribution in [2.75, 3.05) is 19.6 Å². The van der Waals surface area contributed by atoms with Crippen LogP contribution in [0.2, 0.25) is 0 Å². The number of rotatable bonds is 6. The van der Waals surface area contributed by atoms with E-state index in [1.807, 2.05) is 13.8 Å². The molecule has 2 amide bonds. The zero-order valence-corrected chi connectivity index (χ0v) is 9.75. The Morgan fingerprint density at radius 2 is 2.00 bits per heavy atom. The van der Waals surface area contributed by atoms with E-state index in [2.05, 4.69) is 5.32 Å². The maximum absolute atomic E-state index is 11.6. The molecular formula is C10H21N3O2. The fourth-order valence-corrected chi connectivity index (χ4v) is 1.21. The first-order valence-corrected chi connectivity index (χ1v) is 5.31. The standard InChI is InChI=1S/C10H21N3O2/c1-4-12-9(14)7-13(5-2)10(15)6-8(3)11/h8H,4-7,11H2,1-3H3,(H,12,14). The number of carbonyl (C=O) groups is 2. The summed E-state index contributed by atoms with van der Waals surface area (Å²) in [5, 5.41) is 2.65. The van der Waals surface area contributed by atoms with Crippen molar-refractivity contribution < 1.29 is 9.59 Å². The lowest BCUT2D eigenvalue weighted by Gasteiger charge is -2.21. The second kappa shape index (κ2) is 7.23. The molecule has 0 aromatic carbocycles. The van der Waals surface area contributed by atoms with Crippen molar-refractivity contribution >= 4 is 11.8 Å². The number of nitrogens with one attached hydrogen (secondary N) is 1. The van der Waals surface area contributed by atoms with Gasteiger partial charge in [0.1, 0.15) is 0 Å². The minimum absolute atomic E-state index is 0.0706. The van der Waals surface area contributed by atoms with E-state index >= 15 is 0 Å². The summed E-state index contributed by atoms with van der Waals surface area (Å²) in [6, 6.07) is -0.166. The zero-order valence-electron chi connectivity index (χ0n) is 9.75. The van der Waals surface area contributed by atoms with Crippen LogP contribution >= 0.6 is 0 Å². The Balaban J connectivity index is 4.12. The number of nitrogens with two attached hydrogens (primary N) is 1. The maximum Gasteiger partial charge on any atom is 0.239 e. The average Bonchev–Trinajstić information content (AvgIpc) is 2.13. The lowest BCUT2D eigenvalue weighted by Crippen LogP contribution is -2.42. The summed E-state index contributed by atoms with van der Waals surface area (Å²) in [5.41, 5.74) is 5.53. The van der Waals surface area contributed by atoms with Crippen LogP contribution in [0.15, 0.2) is 0 Å². The van der Waals surface area contributed by atoms with E-state index in [4.69, 9.17) is 5.73 Å². The maximum atomic E-state index is 11.6. The molecule has 0 spiro atoms. The smallest absolute Gasteiger partial charge is 0.239 e. The fourth-order valence-electron chi connectivity index (χ4n) is 1.21. The number of likely N-dealkylation sites (N-methyl/N-ethyl adjacent to an activating group) is 2. The van der Waals surface area contributed by atoms with Crippen molar-refractivity contribution in [3.63, 3.8) is 0 Å². The van der Waals surface area contributed by atoms with Gasteiger partial charge in [-0.2, -0.15) is 0 Å². The Bertz CT molecular complexity index is 217. The highest BCUT2D eigenvalue weighted by molar-refractivity contribution is 5.84. The van der Waals surface area contributed by atoms with Crippen LogP contribution < -0.4 is 11.1 Å². The van der Waals surface area contributed by atoms with Gasteiger partial charge in [0.2, 0.25) is 11.8 Å². The molecule has 1 atom stereocenters. The molecule has 1 unspecified atom stereocenters. The highest BCUT2D eigenvalue weighted by atomic mass is 16.2. The van der Waals surface area contributed by atoms with Gasteiger partial charge in [0, 0.05) is 25.6 Å². The third kappa shape index (κ3) is 6.06. The van der Waals surface area contributed by atoms with Crippen molar-refractivity contribution in [2.45, 2.75) is 33.2 Å². The van der Waals surface area contributed by atoms with E-state index in [0.29, 0.717) is 13.1 Å². The van der Waals surface area contributed by atoms with Gasteiger partial charge in [0.15, 0.2) is 0 Å². The molecule has 0 rings (SSSR count). The van der Waals surface area contributed by atoms with Crippen molar-refractivity contribution in [3.8, 4) is 0 Å². The summed E-state index contributed by atoms with van der Waals surface area (Å²) >= 11 is 0. The quantitative estimate of drug-likeness (QED) is 0.639. The molecule has 0 aliphatic carbocycles. The molecule has 5 heteroatoms. The minimum Gasteiger partial charge on any atom is -0.355 e. The summed E-state index contributed by atoms with van der Waals surface area (Å²) in [7, 11) is 0. The van der Waals surface area contributed by atoms with Gasteiger partial charge in [-0.05, 0) is 20.8 Å². The second-order valence-corrected chi connectivity index (χ2v) is 3.54. The normalized spacial score (nSPS) is 12.0. The molecular weight excluding hydrogens is 194 g/mol. The number of nitrogens with zero attached hydrogens (tertiary/aromatic N) is 1. The van der Waals surface area contributed by atoms with Gasteiger partial charge in [0.25, 0.3) is 0 Å². The van der Waals surface area contributed by atoms with Crippen LogP contribution in [0.1, 0.15) is 27.2 Å². The Morgan fingerprint density at radius 1 is 1.40 bits per heavy atom. The van der Waals surface area contributed by atoms with Crippen molar-refractivity contribution in [2.24, 2.45) is 5.73 Å². The Morgan fingerprint density at radius 3 is 2.40 bits per heavy atom. The summed E-state index contributed by atoms with van der Waals surface area (Å²) in [5.74, 6) is -0.198. The molecule has 0 fully saturated rings. The van der Waals surface area contributed by atoms with Gasteiger partial charge in [-0.3, -0.25) is 9.59 Å². The van der Waals surface area contributed by atoms with Gasteiger partial charge in [-0.15, -0.1) is 0 Å². The minimum atomic E-state index is -0.166. The number of carbonyl (C=O) groups excluding carboxylic acids is 2. The lowest BCUT2D eigenvalue weighted by atomic mass is 10.2. The summed E-state index contributed by atoms with van der Waals surface area (Å²) in [4.78, 5) is 24.4. The predicted molar refractivity (Wildman–Crippen MR) is 59.2 cm³/mol. The molecule has 0 bridgehead atoms. The molecule has 0 radical (unpaired) electrons. The second-order valence-electron chi connectivity index (χ2n) is 3.54. The molecule has 88 valence electrons. The Kier molecular flexibility index (Phi) is 6.70. The summed E-state index contributed by atoms with van der Waals surface area (Å²) in [6.45, 7) is 6.70. The molecule has 0 aromatic rings.